The van der Waals surface area contributed by atoms with Crippen LogP contribution in [0.5, 0.6) is 5.75 Å². The first kappa shape index (κ1) is 15.9. The third-order valence-corrected chi connectivity index (χ3v) is 4.18. The zero-order chi connectivity index (χ0) is 15.6. The molecule has 0 aliphatic heterocycles. The molecule has 0 aliphatic rings. The molecule has 1 heterocycles. The number of hydrogen-bond donors (Lipinski definition) is 1. The lowest BCUT2D eigenvalue weighted by Gasteiger charge is -2.21. The number of aromatic nitrogens is 2. The van der Waals surface area contributed by atoms with Crippen LogP contribution in [0.2, 0.25) is 5.02 Å². The van der Waals surface area contributed by atoms with E-state index in [1.165, 1.54) is 0 Å². The zero-order valence-electron chi connectivity index (χ0n) is 13.2. The number of aryl methyl sites for hydroxylation is 1. The highest BCUT2D eigenvalue weighted by Gasteiger charge is 2.20. The van der Waals surface area contributed by atoms with E-state index in [0.717, 1.165) is 34.9 Å². The summed E-state index contributed by atoms with van der Waals surface area (Å²) in [5, 5.41) is 8.70. The van der Waals surface area contributed by atoms with Gasteiger partial charge in [0.2, 0.25) is 0 Å². The van der Waals surface area contributed by atoms with Crippen molar-refractivity contribution in [3.63, 3.8) is 0 Å². The molecule has 0 fully saturated rings. The highest BCUT2D eigenvalue weighted by Crippen LogP contribution is 2.33. The number of hydrogen-bond acceptors (Lipinski definition) is 3. The first-order chi connectivity index (χ1) is 10.0. The van der Waals surface area contributed by atoms with Crippen LogP contribution in [0.1, 0.15) is 36.8 Å². The molecule has 1 aromatic carbocycles. The van der Waals surface area contributed by atoms with Gasteiger partial charge in [0, 0.05) is 11.6 Å². The summed E-state index contributed by atoms with van der Waals surface area (Å²) in [6, 6.07) is 6.14. The summed E-state index contributed by atoms with van der Waals surface area (Å²) < 4.78 is 7.43. The Morgan fingerprint density at radius 1 is 1.38 bits per heavy atom. The van der Waals surface area contributed by atoms with E-state index in [1.54, 1.807) is 7.11 Å². The van der Waals surface area contributed by atoms with Gasteiger partial charge in [0.05, 0.1) is 29.2 Å². The molecule has 0 aliphatic carbocycles. The molecule has 0 spiro atoms. The van der Waals surface area contributed by atoms with Gasteiger partial charge in [0.1, 0.15) is 5.75 Å². The van der Waals surface area contributed by atoms with Crippen molar-refractivity contribution < 1.29 is 4.74 Å². The molecular weight excluding hydrogens is 286 g/mol. The fourth-order valence-corrected chi connectivity index (χ4v) is 2.71. The molecule has 5 heteroatoms. The molecule has 0 amide bonds. The lowest BCUT2D eigenvalue weighted by molar-refractivity contribution is 0.401. The largest absolute Gasteiger partial charge is 0.496 e. The van der Waals surface area contributed by atoms with Crippen molar-refractivity contribution in [2.24, 2.45) is 0 Å². The second-order valence-corrected chi connectivity index (χ2v) is 5.45. The topological polar surface area (TPSA) is 39.1 Å². The number of halogens is 1. The Bertz CT molecular complexity index is 637. The van der Waals surface area contributed by atoms with E-state index in [4.69, 9.17) is 16.3 Å². The van der Waals surface area contributed by atoms with Crippen LogP contribution in [-0.4, -0.2) is 23.4 Å². The third kappa shape index (κ3) is 2.92. The molecule has 1 unspecified atom stereocenters. The third-order valence-electron chi connectivity index (χ3n) is 3.64. The second kappa shape index (κ2) is 6.50. The number of benzene rings is 1. The molecule has 1 N–H and O–H groups in total. The molecule has 2 aromatic rings. The number of nitrogens with zero attached hydrogens (tertiary/aromatic N) is 2. The van der Waals surface area contributed by atoms with Gasteiger partial charge in [-0.3, -0.25) is 0 Å². The lowest BCUT2D eigenvalue weighted by atomic mass is 10.0. The zero-order valence-corrected chi connectivity index (χ0v) is 14.0. The van der Waals surface area contributed by atoms with E-state index in [-0.39, 0.29) is 6.04 Å². The van der Waals surface area contributed by atoms with Crippen molar-refractivity contribution in [1.29, 1.82) is 0 Å². The van der Waals surface area contributed by atoms with Gasteiger partial charge in [-0.25, -0.2) is 4.68 Å². The first-order valence-electron chi connectivity index (χ1n) is 7.13. The maximum absolute atomic E-state index is 6.28. The molecule has 1 aromatic heterocycles. The smallest absolute Gasteiger partial charge is 0.125 e. The van der Waals surface area contributed by atoms with Crippen LogP contribution in [0.15, 0.2) is 18.2 Å². The van der Waals surface area contributed by atoms with Crippen molar-refractivity contribution in [3.8, 4) is 11.4 Å². The Hall–Kier alpha value is -1.52. The Labute approximate surface area is 131 Å². The van der Waals surface area contributed by atoms with E-state index in [0.29, 0.717) is 5.02 Å². The predicted octanol–water partition coefficient (Wildman–Crippen LogP) is 3.82. The number of nitrogens with one attached hydrogen (secondary N) is 1. The Morgan fingerprint density at radius 3 is 2.62 bits per heavy atom. The highest BCUT2D eigenvalue weighted by atomic mass is 35.5. The normalized spacial score (nSPS) is 12.5. The summed E-state index contributed by atoms with van der Waals surface area (Å²) in [4.78, 5) is 0. The van der Waals surface area contributed by atoms with E-state index < -0.39 is 0 Å². The summed E-state index contributed by atoms with van der Waals surface area (Å²) in [6.07, 6.45) is 0. The highest BCUT2D eigenvalue weighted by molar-refractivity contribution is 6.31. The summed E-state index contributed by atoms with van der Waals surface area (Å²) in [7, 11) is 1.69. The molecule has 0 saturated carbocycles. The van der Waals surface area contributed by atoms with Gasteiger partial charge < -0.3 is 10.1 Å². The van der Waals surface area contributed by atoms with Crippen LogP contribution in [-0.2, 0) is 0 Å². The average molecular weight is 308 g/mol. The van der Waals surface area contributed by atoms with E-state index in [1.807, 2.05) is 36.7 Å². The van der Waals surface area contributed by atoms with E-state index in [2.05, 4.69) is 24.3 Å². The van der Waals surface area contributed by atoms with Crippen molar-refractivity contribution in [3.05, 3.63) is 40.2 Å². The Morgan fingerprint density at radius 2 is 2.10 bits per heavy atom. The molecule has 0 radical (unpaired) electrons. The summed E-state index contributed by atoms with van der Waals surface area (Å²) >= 11 is 6.28. The Balaban J connectivity index is 2.65. The minimum Gasteiger partial charge on any atom is -0.496 e. The molecule has 4 nitrogen and oxygen atoms in total. The molecule has 114 valence electrons. The maximum Gasteiger partial charge on any atom is 0.125 e. The van der Waals surface area contributed by atoms with Gasteiger partial charge in [0.25, 0.3) is 0 Å². The van der Waals surface area contributed by atoms with Gasteiger partial charge >= 0.3 is 0 Å². The van der Waals surface area contributed by atoms with Crippen LogP contribution in [0.25, 0.3) is 5.69 Å². The number of methoxy groups -OCH3 is 1. The van der Waals surface area contributed by atoms with Gasteiger partial charge in [-0.05, 0) is 39.4 Å². The summed E-state index contributed by atoms with van der Waals surface area (Å²) in [5.74, 6) is 0.852. The predicted molar refractivity (Wildman–Crippen MR) is 86.7 cm³/mol. The van der Waals surface area contributed by atoms with Gasteiger partial charge in [-0.2, -0.15) is 5.10 Å². The van der Waals surface area contributed by atoms with Crippen molar-refractivity contribution in [2.45, 2.75) is 33.7 Å². The quantitative estimate of drug-likeness (QED) is 0.912. The molecule has 21 heavy (non-hydrogen) atoms. The van der Waals surface area contributed by atoms with Crippen LogP contribution in [0, 0.1) is 13.8 Å². The van der Waals surface area contributed by atoms with Gasteiger partial charge in [-0.15, -0.1) is 0 Å². The monoisotopic (exact) mass is 307 g/mol. The Kier molecular flexibility index (Phi) is 4.91. The van der Waals surface area contributed by atoms with Crippen molar-refractivity contribution in [1.82, 2.24) is 15.1 Å². The van der Waals surface area contributed by atoms with Crippen LogP contribution < -0.4 is 10.1 Å². The lowest BCUT2D eigenvalue weighted by Crippen LogP contribution is -2.20. The molecule has 2 rings (SSSR count). The fraction of sp³-hybridized carbons (Fsp3) is 0.438. The molecule has 1 atom stereocenters. The number of ether oxygens (including phenoxy) is 1. The SMILES string of the molecule is CCNC(C)c1c(OC)cccc1-n1nc(C)c(Cl)c1C. The fourth-order valence-electron chi connectivity index (χ4n) is 2.60. The first-order valence-corrected chi connectivity index (χ1v) is 7.51. The molecular formula is C16H22ClN3O. The minimum absolute atomic E-state index is 0.156. The van der Waals surface area contributed by atoms with Crippen molar-refractivity contribution >= 4 is 11.6 Å². The summed E-state index contributed by atoms with van der Waals surface area (Å²) in [6.45, 7) is 8.99. The van der Waals surface area contributed by atoms with E-state index in [9.17, 15) is 0 Å². The van der Waals surface area contributed by atoms with E-state index >= 15 is 0 Å². The minimum atomic E-state index is 0.156. The molecule has 0 bridgehead atoms. The number of rotatable bonds is 5. The van der Waals surface area contributed by atoms with Crippen LogP contribution in [0.4, 0.5) is 0 Å². The van der Waals surface area contributed by atoms with Gasteiger partial charge in [0.15, 0.2) is 0 Å². The van der Waals surface area contributed by atoms with Gasteiger partial charge in [-0.1, -0.05) is 24.6 Å². The second-order valence-electron chi connectivity index (χ2n) is 5.07. The summed E-state index contributed by atoms with van der Waals surface area (Å²) in [5.41, 5.74) is 3.85. The average Bonchev–Trinajstić information content (AvgIpc) is 2.74. The van der Waals surface area contributed by atoms with Crippen molar-refractivity contribution in [2.75, 3.05) is 13.7 Å². The van der Waals surface area contributed by atoms with Crippen LogP contribution in [0.3, 0.4) is 0 Å². The maximum atomic E-state index is 6.28. The standard InChI is InChI=1S/C16H22ClN3O/c1-6-18-10(2)15-13(8-7-9-14(15)21-5)20-12(4)16(17)11(3)19-20/h7-10,18H,6H2,1-5H3. The molecule has 0 saturated heterocycles. The van der Waals surface area contributed by atoms with Crippen LogP contribution >= 0.6 is 11.6 Å².